The van der Waals surface area contributed by atoms with Crippen molar-refractivity contribution >= 4 is 23.5 Å². The molecule has 0 bridgehead atoms. The van der Waals surface area contributed by atoms with Crippen molar-refractivity contribution in [2.45, 2.75) is 18.7 Å². The van der Waals surface area contributed by atoms with Crippen LogP contribution in [0.15, 0.2) is 23.0 Å². The molecule has 0 radical (unpaired) electrons. The highest BCUT2D eigenvalue weighted by molar-refractivity contribution is 6.28. The molecule has 1 atom stereocenters. The summed E-state index contributed by atoms with van der Waals surface area (Å²) in [7, 11) is 0. The lowest BCUT2D eigenvalue weighted by Crippen LogP contribution is -2.35. The third-order valence-electron chi connectivity index (χ3n) is 2.23. The second kappa shape index (κ2) is 3.58. The van der Waals surface area contributed by atoms with E-state index in [0.717, 1.165) is 0 Å². The minimum Gasteiger partial charge on any atom is -0.477 e. The van der Waals surface area contributed by atoms with Crippen molar-refractivity contribution in [2.75, 3.05) is 0 Å². The quantitative estimate of drug-likeness (QED) is 0.615. The van der Waals surface area contributed by atoms with Gasteiger partial charge < -0.3 is 15.5 Å². The second-order valence-corrected chi connectivity index (χ2v) is 4.15. The molecule has 5 nitrogen and oxygen atoms in total. The average Bonchev–Trinajstić information content (AvgIpc) is 2.08. The fourth-order valence-electron chi connectivity index (χ4n) is 1.22. The van der Waals surface area contributed by atoms with Gasteiger partial charge in [0.2, 0.25) is 0 Å². The molecule has 82 valence electrons. The van der Waals surface area contributed by atoms with Crippen molar-refractivity contribution < 1.29 is 19.8 Å². The van der Waals surface area contributed by atoms with Gasteiger partial charge in [-0.2, -0.15) is 0 Å². The number of carboxylic acid groups (broad SMARTS) is 2. The van der Waals surface area contributed by atoms with Gasteiger partial charge in [-0.15, -0.1) is 11.6 Å². The Kier molecular flexibility index (Phi) is 2.77. The summed E-state index contributed by atoms with van der Waals surface area (Å²) in [6.45, 7) is 3.08. The van der Waals surface area contributed by atoms with Crippen LogP contribution in [0.4, 0.5) is 0 Å². The number of hydrogen-bond acceptors (Lipinski definition) is 3. The van der Waals surface area contributed by atoms with Crippen LogP contribution in [-0.4, -0.2) is 27.0 Å². The molecule has 0 saturated carbocycles. The van der Waals surface area contributed by atoms with E-state index < -0.39 is 16.8 Å². The van der Waals surface area contributed by atoms with E-state index in [4.69, 9.17) is 21.8 Å². The Balaban J connectivity index is 3.22. The number of hydrogen-bond donors (Lipinski definition) is 3. The molecule has 1 heterocycles. The van der Waals surface area contributed by atoms with Gasteiger partial charge in [-0.25, -0.2) is 9.59 Å². The lowest BCUT2D eigenvalue weighted by atomic mass is 9.95. The smallest absolute Gasteiger partial charge is 0.352 e. The zero-order valence-corrected chi connectivity index (χ0v) is 8.92. The molecule has 1 unspecified atom stereocenters. The van der Waals surface area contributed by atoms with Gasteiger partial charge >= 0.3 is 11.9 Å². The molecular formula is C9H10ClNO4. The highest BCUT2D eigenvalue weighted by Gasteiger charge is 2.33. The molecule has 0 aliphatic carbocycles. The molecule has 3 N–H and O–H groups in total. The third kappa shape index (κ3) is 2.12. The van der Waals surface area contributed by atoms with Crippen molar-refractivity contribution in [2.24, 2.45) is 0 Å². The number of dihydropyridines is 1. The Bertz CT molecular complexity index is 395. The number of nitrogens with one attached hydrogen (secondary N) is 1. The fraction of sp³-hybridized carbons (Fsp3) is 0.333. The Hall–Kier alpha value is -1.49. The minimum atomic E-state index is -1.24. The summed E-state index contributed by atoms with van der Waals surface area (Å²) in [5.41, 5.74) is -0.0374. The van der Waals surface area contributed by atoms with Gasteiger partial charge in [0.15, 0.2) is 0 Å². The van der Waals surface area contributed by atoms with Crippen LogP contribution in [0, 0.1) is 0 Å². The molecule has 0 aromatic heterocycles. The van der Waals surface area contributed by atoms with Crippen molar-refractivity contribution in [3.05, 3.63) is 23.0 Å². The van der Waals surface area contributed by atoms with Gasteiger partial charge in [0.1, 0.15) is 11.4 Å². The zero-order chi connectivity index (χ0) is 11.8. The molecule has 1 rings (SSSR count). The maximum Gasteiger partial charge on any atom is 0.352 e. The molecule has 0 fully saturated rings. The Labute approximate surface area is 91.0 Å². The van der Waals surface area contributed by atoms with Gasteiger partial charge in [-0.3, -0.25) is 0 Å². The largest absolute Gasteiger partial charge is 0.477 e. The van der Waals surface area contributed by atoms with Crippen LogP contribution < -0.4 is 5.32 Å². The number of alkyl halides is 1. The number of aliphatic carboxylic acids is 2. The first-order valence-corrected chi connectivity index (χ1v) is 4.50. The molecule has 1 aliphatic rings. The van der Waals surface area contributed by atoms with Gasteiger partial charge in [0, 0.05) is 0 Å². The molecule has 0 spiro atoms. The van der Waals surface area contributed by atoms with Gasteiger partial charge in [-0.05, 0) is 25.5 Å². The standard InChI is InChI=1S/C9H10ClNO4/c1-4-6(8(14)15)11-5(7(12)13)3-9(4,2)10/h3,11H,1-2H3,(H,12,13)(H,14,15). The molecule has 0 saturated heterocycles. The summed E-state index contributed by atoms with van der Waals surface area (Å²) < 4.78 is 0. The zero-order valence-electron chi connectivity index (χ0n) is 8.17. The van der Waals surface area contributed by atoms with Gasteiger partial charge in [0.25, 0.3) is 0 Å². The molecule has 0 aromatic carbocycles. The van der Waals surface area contributed by atoms with E-state index in [1.165, 1.54) is 13.0 Å². The maximum absolute atomic E-state index is 10.8. The number of rotatable bonds is 2. The highest BCUT2D eigenvalue weighted by atomic mass is 35.5. The first-order valence-electron chi connectivity index (χ1n) is 4.12. The highest BCUT2D eigenvalue weighted by Crippen LogP contribution is 2.32. The van der Waals surface area contributed by atoms with Crippen molar-refractivity contribution in [3.8, 4) is 0 Å². The Morgan fingerprint density at radius 2 is 1.93 bits per heavy atom. The maximum atomic E-state index is 10.8. The topological polar surface area (TPSA) is 86.6 Å². The van der Waals surface area contributed by atoms with E-state index in [2.05, 4.69) is 5.32 Å². The second-order valence-electron chi connectivity index (χ2n) is 3.37. The third-order valence-corrected chi connectivity index (χ3v) is 2.62. The lowest BCUT2D eigenvalue weighted by molar-refractivity contribution is -0.133. The summed E-state index contributed by atoms with van der Waals surface area (Å²) in [4.78, 5) is 20.4. The van der Waals surface area contributed by atoms with Gasteiger partial charge in [-0.1, -0.05) is 0 Å². The first kappa shape index (κ1) is 11.6. The van der Waals surface area contributed by atoms with E-state index >= 15 is 0 Å². The summed E-state index contributed by atoms with van der Waals surface area (Å²) in [5.74, 6) is -2.47. The summed E-state index contributed by atoms with van der Waals surface area (Å²) >= 11 is 6.00. The molecule has 15 heavy (non-hydrogen) atoms. The lowest BCUT2D eigenvalue weighted by Gasteiger charge is -2.27. The van der Waals surface area contributed by atoms with Crippen LogP contribution in [0.5, 0.6) is 0 Å². The Morgan fingerprint density at radius 3 is 2.33 bits per heavy atom. The number of allylic oxidation sites excluding steroid dienone is 2. The summed E-state index contributed by atoms with van der Waals surface area (Å²) in [6, 6.07) is 0. The number of carbonyl (C=O) groups is 2. The molecule has 0 aromatic rings. The van der Waals surface area contributed by atoms with E-state index in [-0.39, 0.29) is 11.4 Å². The monoisotopic (exact) mass is 231 g/mol. The number of carboxylic acids is 2. The summed E-state index contributed by atoms with van der Waals surface area (Å²) in [5, 5.41) is 19.9. The molecule has 0 amide bonds. The van der Waals surface area contributed by atoms with Crippen molar-refractivity contribution in [3.63, 3.8) is 0 Å². The predicted octanol–water partition coefficient (Wildman–Crippen LogP) is 0.914. The van der Waals surface area contributed by atoms with E-state index in [1.807, 2.05) is 0 Å². The molecular weight excluding hydrogens is 222 g/mol. The number of halogens is 1. The molecule has 1 aliphatic heterocycles. The van der Waals surface area contributed by atoms with Crippen molar-refractivity contribution in [1.29, 1.82) is 0 Å². The molecule has 6 heteroatoms. The normalized spacial score (nSPS) is 25.7. The van der Waals surface area contributed by atoms with Crippen LogP contribution in [0.1, 0.15) is 13.8 Å². The van der Waals surface area contributed by atoms with Crippen LogP contribution >= 0.6 is 11.6 Å². The van der Waals surface area contributed by atoms with E-state index in [1.54, 1.807) is 6.92 Å². The summed E-state index contributed by atoms with van der Waals surface area (Å²) in [6.07, 6.45) is 1.28. The fourth-order valence-corrected chi connectivity index (χ4v) is 1.42. The van der Waals surface area contributed by atoms with Gasteiger partial charge in [0.05, 0.1) is 4.87 Å². The SMILES string of the molecule is CC1=C(C(=O)O)NC(C(=O)O)=CC1(C)Cl. The van der Waals surface area contributed by atoms with Crippen LogP contribution in [0.3, 0.4) is 0 Å². The Morgan fingerprint density at radius 1 is 1.40 bits per heavy atom. The predicted molar refractivity (Wildman–Crippen MR) is 53.4 cm³/mol. The average molecular weight is 232 g/mol. The van der Waals surface area contributed by atoms with Crippen LogP contribution in [0.25, 0.3) is 0 Å². The van der Waals surface area contributed by atoms with Crippen LogP contribution in [0.2, 0.25) is 0 Å². The van der Waals surface area contributed by atoms with E-state index in [9.17, 15) is 9.59 Å². The van der Waals surface area contributed by atoms with E-state index in [0.29, 0.717) is 5.57 Å². The van der Waals surface area contributed by atoms with Crippen LogP contribution in [-0.2, 0) is 9.59 Å². The minimum absolute atomic E-state index is 0.188. The van der Waals surface area contributed by atoms with Crippen molar-refractivity contribution in [1.82, 2.24) is 5.32 Å². The first-order chi connectivity index (χ1) is 6.75.